The van der Waals surface area contributed by atoms with Crippen LogP contribution in [-0.2, 0) is 11.2 Å². The van der Waals surface area contributed by atoms with Crippen molar-refractivity contribution < 1.29 is 19.0 Å². The molecule has 0 radical (unpaired) electrons. The molecule has 8 nitrogen and oxygen atoms in total. The SMILES string of the molecule is COc1cc(CCC(=O)N2CCC(n3c(=O)[nH]c4ccccc43)CC2)cc(OC)c1OC. The van der Waals surface area contributed by atoms with Crippen molar-refractivity contribution in [2.45, 2.75) is 31.7 Å². The highest BCUT2D eigenvalue weighted by Gasteiger charge is 2.26. The average molecular weight is 440 g/mol. The van der Waals surface area contributed by atoms with Crippen LogP contribution in [0, 0.1) is 0 Å². The number of piperidine rings is 1. The lowest BCUT2D eigenvalue weighted by atomic mass is 10.0. The first-order valence-corrected chi connectivity index (χ1v) is 10.8. The Labute approximate surface area is 186 Å². The Morgan fingerprint density at radius 3 is 2.31 bits per heavy atom. The van der Waals surface area contributed by atoms with Crippen LogP contribution in [0.1, 0.15) is 30.9 Å². The number of carbonyl (C=O) groups is 1. The summed E-state index contributed by atoms with van der Waals surface area (Å²) in [5.74, 6) is 1.82. The molecule has 0 saturated carbocycles. The minimum Gasteiger partial charge on any atom is -0.493 e. The molecule has 170 valence electrons. The van der Waals surface area contributed by atoms with Gasteiger partial charge in [-0.25, -0.2) is 4.79 Å². The second-order valence-corrected chi connectivity index (χ2v) is 7.96. The average Bonchev–Trinajstić information content (AvgIpc) is 3.17. The summed E-state index contributed by atoms with van der Waals surface area (Å²) in [4.78, 5) is 30.1. The number of likely N-dealkylation sites (tertiary alicyclic amines) is 1. The van der Waals surface area contributed by atoms with Gasteiger partial charge in [0, 0.05) is 25.6 Å². The van der Waals surface area contributed by atoms with Gasteiger partial charge in [0.15, 0.2) is 11.5 Å². The number of amides is 1. The summed E-state index contributed by atoms with van der Waals surface area (Å²) >= 11 is 0. The first-order valence-electron chi connectivity index (χ1n) is 10.8. The zero-order chi connectivity index (χ0) is 22.7. The van der Waals surface area contributed by atoms with E-state index >= 15 is 0 Å². The van der Waals surface area contributed by atoms with Crippen molar-refractivity contribution in [3.05, 3.63) is 52.4 Å². The van der Waals surface area contributed by atoms with Crippen LogP contribution in [0.15, 0.2) is 41.2 Å². The van der Waals surface area contributed by atoms with E-state index < -0.39 is 0 Å². The predicted octanol–water partition coefficient (Wildman–Crippen LogP) is 3.15. The highest BCUT2D eigenvalue weighted by molar-refractivity contribution is 5.77. The number of aromatic nitrogens is 2. The van der Waals surface area contributed by atoms with E-state index in [2.05, 4.69) is 4.98 Å². The first-order chi connectivity index (χ1) is 15.5. The standard InChI is InChI=1S/C24H29N3O5/c1-30-20-14-16(15-21(31-2)23(20)32-3)8-9-22(28)26-12-10-17(11-13-26)27-19-7-5-4-6-18(19)25-24(27)29/h4-7,14-15,17H,8-13H2,1-3H3,(H,25,29). The number of nitrogens with zero attached hydrogens (tertiary/aromatic N) is 2. The van der Waals surface area contributed by atoms with E-state index in [1.165, 1.54) is 0 Å². The van der Waals surface area contributed by atoms with Gasteiger partial charge in [-0.15, -0.1) is 0 Å². The summed E-state index contributed by atoms with van der Waals surface area (Å²) in [6, 6.07) is 11.6. The maximum absolute atomic E-state index is 12.8. The van der Waals surface area contributed by atoms with Gasteiger partial charge >= 0.3 is 5.69 Å². The first kappa shape index (κ1) is 21.8. The molecule has 2 heterocycles. The quantitative estimate of drug-likeness (QED) is 0.611. The van der Waals surface area contributed by atoms with Crippen molar-refractivity contribution in [1.82, 2.24) is 14.5 Å². The number of imidazole rings is 1. The number of methoxy groups -OCH3 is 3. The molecule has 8 heteroatoms. The van der Waals surface area contributed by atoms with Gasteiger partial charge in [-0.05, 0) is 49.1 Å². The minimum absolute atomic E-state index is 0.0848. The number of hydrogen-bond donors (Lipinski definition) is 1. The maximum atomic E-state index is 12.8. The Morgan fingerprint density at radius 2 is 1.69 bits per heavy atom. The van der Waals surface area contributed by atoms with Crippen LogP contribution in [0.3, 0.4) is 0 Å². The van der Waals surface area contributed by atoms with Crippen molar-refractivity contribution in [1.29, 1.82) is 0 Å². The van der Waals surface area contributed by atoms with Crippen molar-refractivity contribution in [2.24, 2.45) is 0 Å². The van der Waals surface area contributed by atoms with Gasteiger partial charge in [-0.2, -0.15) is 0 Å². The molecule has 32 heavy (non-hydrogen) atoms. The zero-order valence-electron chi connectivity index (χ0n) is 18.7. The number of rotatable bonds is 7. The van der Waals surface area contributed by atoms with Gasteiger partial charge in [-0.1, -0.05) is 12.1 Å². The number of nitrogens with one attached hydrogen (secondary N) is 1. The molecule has 1 N–H and O–H groups in total. The molecule has 0 bridgehead atoms. The van der Waals surface area contributed by atoms with E-state index in [0.717, 1.165) is 29.4 Å². The molecule has 1 aromatic heterocycles. The largest absolute Gasteiger partial charge is 0.493 e. The zero-order valence-corrected chi connectivity index (χ0v) is 18.7. The number of H-pyrrole nitrogens is 1. The highest BCUT2D eigenvalue weighted by Crippen LogP contribution is 2.38. The highest BCUT2D eigenvalue weighted by atomic mass is 16.5. The molecule has 1 fully saturated rings. The molecule has 4 rings (SSSR count). The van der Waals surface area contributed by atoms with E-state index in [4.69, 9.17) is 14.2 Å². The number of benzene rings is 2. The van der Waals surface area contributed by atoms with Crippen molar-refractivity contribution in [3.8, 4) is 17.2 Å². The van der Waals surface area contributed by atoms with Crippen LogP contribution in [0.5, 0.6) is 17.2 Å². The molecule has 1 amide bonds. The fourth-order valence-corrected chi connectivity index (χ4v) is 4.50. The molecule has 0 atom stereocenters. The van der Waals surface area contributed by atoms with Crippen LogP contribution in [0.4, 0.5) is 0 Å². The molecule has 3 aromatic rings. The lowest BCUT2D eigenvalue weighted by Crippen LogP contribution is -2.40. The molecule has 1 aliphatic heterocycles. The fraction of sp³-hybridized carbons (Fsp3) is 0.417. The van der Waals surface area contributed by atoms with Crippen LogP contribution in [0.25, 0.3) is 11.0 Å². The number of hydrogen-bond acceptors (Lipinski definition) is 5. The molecule has 1 saturated heterocycles. The van der Waals surface area contributed by atoms with Gasteiger partial charge in [0.2, 0.25) is 11.7 Å². The van der Waals surface area contributed by atoms with E-state index in [9.17, 15) is 9.59 Å². The Balaban J connectivity index is 1.38. The number of aryl methyl sites for hydroxylation is 1. The third kappa shape index (κ3) is 4.17. The second-order valence-electron chi connectivity index (χ2n) is 7.96. The monoisotopic (exact) mass is 439 g/mol. The number of carbonyl (C=O) groups excluding carboxylic acids is 1. The Hall–Kier alpha value is -3.42. The van der Waals surface area contributed by atoms with Crippen LogP contribution in [0.2, 0.25) is 0 Å². The fourth-order valence-electron chi connectivity index (χ4n) is 4.50. The Morgan fingerprint density at radius 1 is 1.03 bits per heavy atom. The minimum atomic E-state index is -0.0848. The lowest BCUT2D eigenvalue weighted by Gasteiger charge is -2.32. The van der Waals surface area contributed by atoms with E-state index in [1.807, 2.05) is 45.9 Å². The molecule has 0 aliphatic carbocycles. The second kappa shape index (κ2) is 9.38. The van der Waals surface area contributed by atoms with Crippen LogP contribution < -0.4 is 19.9 Å². The van der Waals surface area contributed by atoms with E-state index in [-0.39, 0.29) is 17.6 Å². The van der Waals surface area contributed by atoms with Gasteiger partial charge < -0.3 is 24.1 Å². The van der Waals surface area contributed by atoms with Gasteiger partial charge in [0.25, 0.3) is 0 Å². The van der Waals surface area contributed by atoms with E-state index in [0.29, 0.717) is 43.2 Å². The lowest BCUT2D eigenvalue weighted by molar-refractivity contribution is -0.132. The summed E-state index contributed by atoms with van der Waals surface area (Å²) in [6.45, 7) is 1.29. The summed E-state index contributed by atoms with van der Waals surface area (Å²) in [6.07, 6.45) is 2.50. The third-order valence-corrected chi connectivity index (χ3v) is 6.16. The predicted molar refractivity (Wildman–Crippen MR) is 122 cm³/mol. The van der Waals surface area contributed by atoms with Gasteiger partial charge in [-0.3, -0.25) is 9.36 Å². The number of ether oxygens (including phenoxy) is 3. The smallest absolute Gasteiger partial charge is 0.326 e. The summed E-state index contributed by atoms with van der Waals surface area (Å²) in [7, 11) is 4.72. The van der Waals surface area contributed by atoms with Crippen molar-refractivity contribution in [3.63, 3.8) is 0 Å². The van der Waals surface area contributed by atoms with Crippen LogP contribution in [-0.4, -0.2) is 54.8 Å². The summed E-state index contributed by atoms with van der Waals surface area (Å²) < 4.78 is 18.0. The Kier molecular flexibility index (Phi) is 6.39. The Bertz CT molecular complexity index is 1130. The van der Waals surface area contributed by atoms with Crippen molar-refractivity contribution >= 4 is 16.9 Å². The van der Waals surface area contributed by atoms with Gasteiger partial charge in [0.05, 0.1) is 32.4 Å². The number of aromatic amines is 1. The third-order valence-electron chi connectivity index (χ3n) is 6.16. The maximum Gasteiger partial charge on any atom is 0.326 e. The van der Waals surface area contributed by atoms with Crippen LogP contribution >= 0.6 is 0 Å². The molecule has 0 unspecified atom stereocenters. The molecule has 2 aromatic carbocycles. The van der Waals surface area contributed by atoms with Gasteiger partial charge in [0.1, 0.15) is 0 Å². The number of fused-ring (bicyclic) bond motifs is 1. The topological polar surface area (TPSA) is 85.8 Å². The molecule has 1 aliphatic rings. The van der Waals surface area contributed by atoms with Crippen molar-refractivity contribution in [2.75, 3.05) is 34.4 Å². The molecular weight excluding hydrogens is 410 g/mol. The summed E-state index contributed by atoms with van der Waals surface area (Å²) in [5, 5.41) is 0. The summed E-state index contributed by atoms with van der Waals surface area (Å²) in [5.41, 5.74) is 2.64. The number of para-hydroxylation sites is 2. The molecular formula is C24H29N3O5. The van der Waals surface area contributed by atoms with E-state index in [1.54, 1.807) is 21.3 Å². The normalized spacial score (nSPS) is 14.5. The molecule has 0 spiro atoms.